The van der Waals surface area contributed by atoms with Gasteiger partial charge in [-0.15, -0.1) is 0 Å². The van der Waals surface area contributed by atoms with E-state index in [4.69, 9.17) is 4.74 Å². The Hall–Kier alpha value is -2.38. The summed E-state index contributed by atoms with van der Waals surface area (Å²) in [7, 11) is -3.86. The first-order chi connectivity index (χ1) is 12.9. The number of hydrogen-bond donors (Lipinski definition) is 1. The molecule has 1 amide bonds. The minimum Gasteiger partial charge on any atom is -0.492 e. The normalized spacial score (nSPS) is 18.4. The van der Waals surface area contributed by atoms with Gasteiger partial charge in [-0.1, -0.05) is 62.9 Å². The average molecular weight is 391 g/mol. The van der Waals surface area contributed by atoms with Crippen molar-refractivity contribution in [2.45, 2.75) is 39.3 Å². The Kier molecular flexibility index (Phi) is 7.38. The van der Waals surface area contributed by atoms with Crippen LogP contribution in [0.5, 0.6) is 0 Å². The van der Waals surface area contributed by atoms with Gasteiger partial charge < -0.3 is 4.74 Å². The van der Waals surface area contributed by atoms with Crippen LogP contribution < -0.4 is 4.72 Å². The van der Waals surface area contributed by atoms with Crippen LogP contribution in [0.2, 0.25) is 0 Å². The van der Waals surface area contributed by atoms with Crippen molar-refractivity contribution in [3.63, 3.8) is 0 Å². The van der Waals surface area contributed by atoms with E-state index in [1.165, 1.54) is 0 Å². The van der Waals surface area contributed by atoms with E-state index >= 15 is 0 Å². The minimum atomic E-state index is -3.86. The molecule has 1 aromatic rings. The van der Waals surface area contributed by atoms with E-state index in [1.807, 2.05) is 61.1 Å². The fourth-order valence-corrected chi connectivity index (χ4v) is 4.11. The number of carbonyl (C=O) groups excluding carboxylic acids is 1. The summed E-state index contributed by atoms with van der Waals surface area (Å²) in [5.74, 6) is -0.0762. The maximum Gasteiger partial charge on any atom is 0.304 e. The van der Waals surface area contributed by atoms with Crippen LogP contribution in [0, 0.1) is 0 Å². The SMILES string of the molecule is C=C(/C=C\CC)/C=C(/OCc1ccccc1)C(CC)N1CC(=O)NS1(=O)=O. The lowest BCUT2D eigenvalue weighted by Gasteiger charge is -2.26. The third kappa shape index (κ3) is 5.80. The fraction of sp³-hybridized carbons (Fsp3) is 0.350. The molecule has 1 aromatic carbocycles. The van der Waals surface area contributed by atoms with Crippen LogP contribution in [0.25, 0.3) is 0 Å². The van der Waals surface area contributed by atoms with Crippen LogP contribution in [-0.2, 0) is 26.3 Å². The molecule has 1 aliphatic rings. The van der Waals surface area contributed by atoms with Crippen molar-refractivity contribution in [2.24, 2.45) is 0 Å². The Morgan fingerprint density at radius 2 is 2.04 bits per heavy atom. The summed E-state index contributed by atoms with van der Waals surface area (Å²) in [6.07, 6.45) is 6.89. The molecule has 1 unspecified atom stereocenters. The lowest BCUT2D eigenvalue weighted by atomic mass is 10.1. The maximum atomic E-state index is 12.3. The Labute approximate surface area is 161 Å². The van der Waals surface area contributed by atoms with E-state index in [0.29, 0.717) is 24.4 Å². The molecule has 1 N–H and O–H groups in total. The smallest absolute Gasteiger partial charge is 0.304 e. The summed E-state index contributed by atoms with van der Waals surface area (Å²) < 4.78 is 33.7. The Bertz CT molecular complexity index is 829. The molecule has 0 aliphatic carbocycles. The number of nitrogens with one attached hydrogen (secondary N) is 1. The molecule has 146 valence electrons. The number of carbonyl (C=O) groups is 1. The highest BCUT2D eigenvalue weighted by Crippen LogP contribution is 2.24. The van der Waals surface area contributed by atoms with Gasteiger partial charge in [0, 0.05) is 0 Å². The fourth-order valence-electron chi connectivity index (χ4n) is 2.76. The van der Waals surface area contributed by atoms with Gasteiger partial charge in [-0.25, -0.2) is 4.72 Å². The molecule has 1 saturated heterocycles. The average Bonchev–Trinajstić information content (AvgIpc) is 2.91. The first-order valence-corrected chi connectivity index (χ1v) is 10.4. The molecular weight excluding hydrogens is 364 g/mol. The van der Waals surface area contributed by atoms with Gasteiger partial charge >= 0.3 is 10.2 Å². The van der Waals surface area contributed by atoms with Crippen molar-refractivity contribution in [3.05, 3.63) is 72.0 Å². The Morgan fingerprint density at radius 3 is 2.59 bits per heavy atom. The van der Waals surface area contributed by atoms with Crippen LogP contribution in [0.4, 0.5) is 0 Å². The van der Waals surface area contributed by atoms with Gasteiger partial charge in [-0.2, -0.15) is 12.7 Å². The predicted molar refractivity (Wildman–Crippen MR) is 106 cm³/mol. The second-order valence-corrected chi connectivity index (χ2v) is 7.83. The molecule has 0 aromatic heterocycles. The Balaban J connectivity index is 2.31. The molecule has 0 saturated carbocycles. The summed E-state index contributed by atoms with van der Waals surface area (Å²) in [5, 5.41) is 0. The van der Waals surface area contributed by atoms with Gasteiger partial charge in [0.05, 0.1) is 12.6 Å². The Morgan fingerprint density at radius 1 is 1.33 bits per heavy atom. The van der Waals surface area contributed by atoms with Gasteiger partial charge in [0.25, 0.3) is 0 Å². The minimum absolute atomic E-state index is 0.218. The van der Waals surface area contributed by atoms with E-state index in [9.17, 15) is 13.2 Å². The van der Waals surface area contributed by atoms with Crippen LogP contribution in [0.3, 0.4) is 0 Å². The molecule has 0 radical (unpaired) electrons. The zero-order valence-corrected chi connectivity index (χ0v) is 16.5. The van der Waals surface area contributed by atoms with Gasteiger partial charge in [0.2, 0.25) is 5.91 Å². The van der Waals surface area contributed by atoms with Crippen LogP contribution in [-0.4, -0.2) is 31.2 Å². The first-order valence-electron chi connectivity index (χ1n) is 8.93. The number of allylic oxidation sites excluding steroid dienone is 4. The van der Waals surface area contributed by atoms with Gasteiger partial charge in [-0.05, 0) is 30.1 Å². The maximum absolute atomic E-state index is 12.3. The van der Waals surface area contributed by atoms with Crippen molar-refractivity contribution in [1.29, 1.82) is 0 Å². The van der Waals surface area contributed by atoms with Crippen LogP contribution in [0.1, 0.15) is 32.3 Å². The largest absolute Gasteiger partial charge is 0.492 e. The van der Waals surface area contributed by atoms with Crippen LogP contribution in [0.15, 0.2) is 66.5 Å². The molecule has 1 atom stereocenters. The topological polar surface area (TPSA) is 75.7 Å². The number of ether oxygens (including phenoxy) is 1. The summed E-state index contributed by atoms with van der Waals surface area (Å²) in [6.45, 7) is 7.94. The number of hydrogen-bond acceptors (Lipinski definition) is 4. The highest BCUT2D eigenvalue weighted by Gasteiger charge is 2.40. The third-order valence-electron chi connectivity index (χ3n) is 4.06. The summed E-state index contributed by atoms with van der Waals surface area (Å²) in [5.41, 5.74) is 1.67. The number of nitrogens with zero attached hydrogens (tertiary/aromatic N) is 1. The molecule has 1 aliphatic heterocycles. The van der Waals surface area contributed by atoms with E-state index in [0.717, 1.165) is 16.3 Å². The van der Waals surface area contributed by atoms with E-state index in [1.54, 1.807) is 6.08 Å². The van der Waals surface area contributed by atoms with Crippen molar-refractivity contribution >= 4 is 16.1 Å². The van der Waals surface area contributed by atoms with Crippen molar-refractivity contribution < 1.29 is 17.9 Å². The molecule has 27 heavy (non-hydrogen) atoms. The lowest BCUT2D eigenvalue weighted by Crippen LogP contribution is -2.40. The second-order valence-electron chi connectivity index (χ2n) is 6.21. The van der Waals surface area contributed by atoms with E-state index in [2.05, 4.69) is 6.58 Å². The molecule has 6 nitrogen and oxygen atoms in total. The van der Waals surface area contributed by atoms with Crippen molar-refractivity contribution in [1.82, 2.24) is 9.03 Å². The predicted octanol–water partition coefficient (Wildman–Crippen LogP) is 3.06. The monoisotopic (exact) mass is 390 g/mol. The zero-order chi connectivity index (χ0) is 19.9. The standard InChI is InChI=1S/C20H26N2O4S/c1-4-6-10-16(3)13-19(26-15-17-11-8-7-9-12-17)18(5-2)22-14-20(23)21-27(22,24)25/h6-13,18H,3-5,14-15H2,1-2H3,(H,21,23)/b10-6-,19-13+. The van der Waals surface area contributed by atoms with E-state index < -0.39 is 22.2 Å². The quantitative estimate of drug-likeness (QED) is 0.519. The molecule has 1 heterocycles. The van der Waals surface area contributed by atoms with Gasteiger partial charge in [0.1, 0.15) is 12.4 Å². The molecule has 2 rings (SSSR count). The number of amides is 1. The van der Waals surface area contributed by atoms with Crippen molar-refractivity contribution in [3.8, 4) is 0 Å². The number of benzene rings is 1. The van der Waals surface area contributed by atoms with Crippen molar-refractivity contribution in [2.75, 3.05) is 6.54 Å². The molecule has 1 fully saturated rings. The molecule has 0 spiro atoms. The second kappa shape index (κ2) is 9.53. The highest BCUT2D eigenvalue weighted by molar-refractivity contribution is 7.88. The summed E-state index contributed by atoms with van der Waals surface area (Å²) in [6, 6.07) is 9.01. The highest BCUT2D eigenvalue weighted by atomic mass is 32.2. The van der Waals surface area contributed by atoms with Gasteiger partial charge in [0.15, 0.2) is 0 Å². The van der Waals surface area contributed by atoms with Gasteiger partial charge in [-0.3, -0.25) is 4.79 Å². The lowest BCUT2D eigenvalue weighted by molar-refractivity contribution is -0.118. The van der Waals surface area contributed by atoms with E-state index in [-0.39, 0.29) is 6.54 Å². The van der Waals surface area contributed by atoms with Crippen LogP contribution >= 0.6 is 0 Å². The molecule has 7 heteroatoms. The molecular formula is C20H26N2O4S. The summed E-state index contributed by atoms with van der Waals surface area (Å²) in [4.78, 5) is 11.6. The zero-order valence-electron chi connectivity index (χ0n) is 15.7. The first kappa shape index (κ1) is 20.9. The third-order valence-corrected chi connectivity index (χ3v) is 5.54. The molecule has 0 bridgehead atoms. The summed E-state index contributed by atoms with van der Waals surface area (Å²) >= 11 is 0. The number of rotatable bonds is 9.